The molecule has 1 aliphatic heterocycles. The lowest BCUT2D eigenvalue weighted by atomic mass is 10.1. The lowest BCUT2D eigenvalue weighted by Crippen LogP contribution is -2.25. The Bertz CT molecular complexity index is 1310. The molecule has 2 aromatic heterocycles. The highest BCUT2D eigenvalue weighted by molar-refractivity contribution is 5.95. The quantitative estimate of drug-likeness (QED) is 0.531. The van der Waals surface area contributed by atoms with E-state index in [1.807, 2.05) is 35.9 Å². The SMILES string of the molecule is COc1cc(-c2cn(C3CCc4cc(F)ccc4NC3=O)nn2)ccc1-n1ccnc1C. The Labute approximate surface area is 183 Å². The van der Waals surface area contributed by atoms with Gasteiger partial charge in [0.15, 0.2) is 0 Å². The van der Waals surface area contributed by atoms with Crippen molar-refractivity contribution >= 4 is 11.6 Å². The number of amides is 1. The van der Waals surface area contributed by atoms with E-state index >= 15 is 0 Å². The van der Waals surface area contributed by atoms with Gasteiger partial charge >= 0.3 is 0 Å². The van der Waals surface area contributed by atoms with Gasteiger partial charge in [-0.1, -0.05) is 11.3 Å². The van der Waals surface area contributed by atoms with Crippen LogP contribution in [0.5, 0.6) is 5.75 Å². The fourth-order valence-electron chi connectivity index (χ4n) is 4.01. The summed E-state index contributed by atoms with van der Waals surface area (Å²) in [5, 5.41) is 11.4. The molecule has 9 heteroatoms. The van der Waals surface area contributed by atoms with Crippen LogP contribution in [0.3, 0.4) is 0 Å². The third-order valence-corrected chi connectivity index (χ3v) is 5.71. The molecule has 1 N–H and O–H groups in total. The normalized spacial score (nSPS) is 15.7. The van der Waals surface area contributed by atoms with Gasteiger partial charge in [-0.05, 0) is 55.7 Å². The second kappa shape index (κ2) is 7.92. The van der Waals surface area contributed by atoms with Crippen LogP contribution in [0.4, 0.5) is 10.1 Å². The number of halogens is 1. The van der Waals surface area contributed by atoms with Crippen molar-refractivity contribution in [3.63, 3.8) is 0 Å². The molecule has 2 aromatic carbocycles. The predicted octanol–water partition coefficient (Wildman–Crippen LogP) is 3.71. The van der Waals surface area contributed by atoms with Gasteiger partial charge in [0, 0.05) is 23.6 Å². The molecule has 4 aromatic rings. The number of carbonyl (C=O) groups excluding carboxylic acids is 1. The number of nitrogens with one attached hydrogen (secondary N) is 1. The number of benzene rings is 2. The van der Waals surface area contributed by atoms with Crippen molar-refractivity contribution in [2.45, 2.75) is 25.8 Å². The van der Waals surface area contributed by atoms with Gasteiger partial charge < -0.3 is 14.6 Å². The molecule has 0 radical (unpaired) electrons. The van der Waals surface area contributed by atoms with Crippen molar-refractivity contribution in [3.8, 4) is 22.7 Å². The third-order valence-electron chi connectivity index (χ3n) is 5.71. The van der Waals surface area contributed by atoms with Crippen LogP contribution in [0, 0.1) is 12.7 Å². The van der Waals surface area contributed by atoms with Crippen molar-refractivity contribution in [3.05, 3.63) is 72.2 Å². The number of hydrogen-bond acceptors (Lipinski definition) is 5. The van der Waals surface area contributed by atoms with Crippen LogP contribution < -0.4 is 10.1 Å². The van der Waals surface area contributed by atoms with Crippen molar-refractivity contribution in [2.24, 2.45) is 0 Å². The molecule has 0 bridgehead atoms. The molecular weight excluding hydrogens is 411 g/mol. The van der Waals surface area contributed by atoms with E-state index in [-0.39, 0.29) is 11.7 Å². The van der Waals surface area contributed by atoms with Crippen molar-refractivity contribution in [2.75, 3.05) is 12.4 Å². The molecule has 1 atom stereocenters. The van der Waals surface area contributed by atoms with Crippen LogP contribution in [0.1, 0.15) is 23.9 Å². The molecule has 5 rings (SSSR count). The molecule has 8 nitrogen and oxygen atoms in total. The Hall–Kier alpha value is -4.01. The lowest BCUT2D eigenvalue weighted by molar-refractivity contribution is -0.119. The number of aryl methyl sites for hydroxylation is 2. The largest absolute Gasteiger partial charge is 0.495 e. The maximum absolute atomic E-state index is 13.6. The summed E-state index contributed by atoms with van der Waals surface area (Å²) in [5.41, 5.74) is 3.71. The first-order valence-electron chi connectivity index (χ1n) is 10.2. The average molecular weight is 432 g/mol. The molecule has 1 unspecified atom stereocenters. The van der Waals surface area contributed by atoms with Gasteiger partial charge in [0.1, 0.15) is 29.1 Å². The summed E-state index contributed by atoms with van der Waals surface area (Å²) in [7, 11) is 1.61. The average Bonchev–Trinajstić information content (AvgIpc) is 3.41. The van der Waals surface area contributed by atoms with E-state index in [4.69, 9.17) is 4.74 Å². The number of aromatic nitrogens is 5. The van der Waals surface area contributed by atoms with Crippen LogP contribution in [0.2, 0.25) is 0 Å². The smallest absolute Gasteiger partial charge is 0.249 e. The molecule has 0 spiro atoms. The molecular formula is C23H21FN6O2. The lowest BCUT2D eigenvalue weighted by Gasteiger charge is -2.13. The Kier molecular flexibility index (Phi) is 4.93. The summed E-state index contributed by atoms with van der Waals surface area (Å²) in [6, 6.07) is 9.60. The minimum Gasteiger partial charge on any atom is -0.495 e. The fraction of sp³-hybridized carbons (Fsp3) is 0.217. The van der Waals surface area contributed by atoms with Gasteiger partial charge in [0.05, 0.1) is 19.0 Å². The number of anilines is 1. The second-order valence-electron chi connectivity index (χ2n) is 7.66. The highest BCUT2D eigenvalue weighted by Crippen LogP contribution is 2.31. The zero-order chi connectivity index (χ0) is 22.2. The monoisotopic (exact) mass is 432 g/mol. The Balaban J connectivity index is 1.43. The van der Waals surface area contributed by atoms with E-state index in [0.717, 1.165) is 22.6 Å². The summed E-state index contributed by atoms with van der Waals surface area (Å²) in [4.78, 5) is 17.1. The first-order valence-corrected chi connectivity index (χ1v) is 10.2. The summed E-state index contributed by atoms with van der Waals surface area (Å²) >= 11 is 0. The minimum atomic E-state index is -0.540. The van der Waals surface area contributed by atoms with Gasteiger partial charge in [0.25, 0.3) is 0 Å². The van der Waals surface area contributed by atoms with E-state index in [1.54, 1.807) is 30.3 Å². The van der Waals surface area contributed by atoms with Crippen LogP contribution >= 0.6 is 0 Å². The number of rotatable bonds is 4. The standard InChI is InChI=1S/C23H21FN6O2/c1-14-25-9-10-29(14)20-7-3-16(12-22(20)32-2)19-13-30(28-27-19)21-8-4-15-11-17(24)5-6-18(15)26-23(21)31/h3,5-7,9-13,21H,4,8H2,1-2H3,(H,26,31). The van der Waals surface area contributed by atoms with Gasteiger partial charge in [-0.2, -0.15) is 0 Å². The molecule has 1 aliphatic rings. The number of imidazole rings is 1. The number of hydrogen-bond donors (Lipinski definition) is 1. The van der Waals surface area contributed by atoms with E-state index in [9.17, 15) is 9.18 Å². The topological polar surface area (TPSA) is 86.9 Å². The highest BCUT2D eigenvalue weighted by atomic mass is 19.1. The zero-order valence-electron chi connectivity index (χ0n) is 17.6. The molecule has 0 aliphatic carbocycles. The predicted molar refractivity (Wildman–Crippen MR) is 116 cm³/mol. The van der Waals surface area contributed by atoms with Gasteiger partial charge in [-0.3, -0.25) is 4.79 Å². The van der Waals surface area contributed by atoms with Crippen LogP contribution in [0.15, 0.2) is 55.0 Å². The fourth-order valence-corrected chi connectivity index (χ4v) is 4.01. The number of methoxy groups -OCH3 is 1. The van der Waals surface area contributed by atoms with Gasteiger partial charge in [0.2, 0.25) is 5.91 Å². The molecule has 0 saturated carbocycles. The summed E-state index contributed by atoms with van der Waals surface area (Å²) in [6.45, 7) is 1.92. The van der Waals surface area contributed by atoms with Crippen molar-refractivity contribution in [1.82, 2.24) is 24.5 Å². The molecule has 162 valence electrons. The van der Waals surface area contributed by atoms with E-state index < -0.39 is 6.04 Å². The molecule has 0 saturated heterocycles. The Morgan fingerprint density at radius 3 is 2.88 bits per heavy atom. The zero-order valence-corrected chi connectivity index (χ0v) is 17.6. The van der Waals surface area contributed by atoms with Crippen LogP contribution in [-0.4, -0.2) is 37.6 Å². The maximum atomic E-state index is 13.6. The van der Waals surface area contributed by atoms with E-state index in [2.05, 4.69) is 20.6 Å². The number of fused-ring (bicyclic) bond motifs is 1. The molecule has 0 fully saturated rings. The maximum Gasteiger partial charge on any atom is 0.249 e. The summed E-state index contributed by atoms with van der Waals surface area (Å²) < 4.78 is 22.7. The van der Waals surface area contributed by atoms with Crippen molar-refractivity contribution < 1.29 is 13.9 Å². The molecule has 1 amide bonds. The summed E-state index contributed by atoms with van der Waals surface area (Å²) in [6.07, 6.45) is 6.40. The van der Waals surface area contributed by atoms with Gasteiger partial charge in [-0.15, -0.1) is 5.10 Å². The van der Waals surface area contributed by atoms with Crippen LogP contribution in [0.25, 0.3) is 16.9 Å². The van der Waals surface area contributed by atoms with E-state index in [0.29, 0.717) is 30.0 Å². The Morgan fingerprint density at radius 2 is 2.09 bits per heavy atom. The van der Waals surface area contributed by atoms with Crippen molar-refractivity contribution in [1.29, 1.82) is 0 Å². The highest BCUT2D eigenvalue weighted by Gasteiger charge is 2.27. The van der Waals surface area contributed by atoms with E-state index in [1.165, 1.54) is 12.1 Å². The summed E-state index contributed by atoms with van der Waals surface area (Å²) in [5.74, 6) is 1.00. The Morgan fingerprint density at radius 1 is 1.22 bits per heavy atom. The number of carbonyl (C=O) groups is 1. The number of ether oxygens (including phenoxy) is 1. The third kappa shape index (κ3) is 3.51. The minimum absolute atomic E-state index is 0.199. The molecule has 32 heavy (non-hydrogen) atoms. The first-order chi connectivity index (χ1) is 15.5. The molecule has 3 heterocycles. The number of nitrogens with zero attached hydrogens (tertiary/aromatic N) is 5. The van der Waals surface area contributed by atoms with Crippen LogP contribution in [-0.2, 0) is 11.2 Å². The van der Waals surface area contributed by atoms with Gasteiger partial charge in [-0.25, -0.2) is 14.1 Å². The second-order valence-corrected chi connectivity index (χ2v) is 7.66. The first kappa shape index (κ1) is 19.9.